The molecule has 1 amide bonds. The summed E-state index contributed by atoms with van der Waals surface area (Å²) in [7, 11) is 3.16. The Bertz CT molecular complexity index is 1300. The molecule has 1 aromatic rings. The van der Waals surface area contributed by atoms with Gasteiger partial charge in [0.05, 0.1) is 11.6 Å². The molecule has 0 spiro atoms. The Balaban J connectivity index is 1.87. The van der Waals surface area contributed by atoms with E-state index in [0.29, 0.717) is 17.5 Å². The lowest BCUT2D eigenvalue weighted by Gasteiger charge is -2.57. The van der Waals surface area contributed by atoms with E-state index in [1.807, 2.05) is 12.1 Å². The molecule has 0 unspecified atom stereocenters. The third-order valence-corrected chi connectivity index (χ3v) is 8.60. The number of aromatic hydroxyl groups is 1. The molecule has 0 saturated heterocycles. The first-order valence-corrected chi connectivity index (χ1v) is 13.0. The van der Waals surface area contributed by atoms with Crippen molar-refractivity contribution >= 4 is 23.2 Å². The van der Waals surface area contributed by atoms with Crippen molar-refractivity contribution in [2.75, 3.05) is 14.1 Å². The number of hydrogen-bond donors (Lipinski definition) is 5. The highest BCUT2D eigenvalue weighted by Gasteiger charge is 2.70. The summed E-state index contributed by atoms with van der Waals surface area (Å²) >= 11 is 0. The second-order valence-electron chi connectivity index (χ2n) is 12.7. The maximum atomic E-state index is 14.0. The van der Waals surface area contributed by atoms with Crippen molar-refractivity contribution in [2.24, 2.45) is 22.5 Å². The largest absolute Gasteiger partial charge is 0.508 e. The lowest BCUT2D eigenvalue weighted by molar-refractivity contribution is -0.171. The molecule has 1 aromatic carbocycles. The maximum absolute atomic E-state index is 14.0. The molecule has 38 heavy (non-hydrogen) atoms. The second-order valence-corrected chi connectivity index (χ2v) is 12.7. The highest BCUT2D eigenvalue weighted by Crippen LogP contribution is 2.58. The van der Waals surface area contributed by atoms with Crippen LogP contribution >= 0.6 is 0 Å². The lowest BCUT2D eigenvalue weighted by atomic mass is 9.50. The van der Waals surface area contributed by atoms with Crippen LogP contribution in [-0.2, 0) is 27.2 Å². The van der Waals surface area contributed by atoms with E-state index in [4.69, 9.17) is 5.73 Å². The van der Waals surface area contributed by atoms with Crippen LogP contribution in [0.5, 0.6) is 5.75 Å². The van der Waals surface area contributed by atoms with Gasteiger partial charge in [-0.15, -0.1) is 0 Å². The number of benzene rings is 1. The van der Waals surface area contributed by atoms with Gasteiger partial charge in [-0.3, -0.25) is 19.3 Å². The molecular weight excluding hydrogens is 488 g/mol. The van der Waals surface area contributed by atoms with E-state index >= 15 is 0 Å². The van der Waals surface area contributed by atoms with Gasteiger partial charge < -0.3 is 26.2 Å². The molecule has 3 aliphatic carbocycles. The summed E-state index contributed by atoms with van der Waals surface area (Å²) in [5, 5.41) is 45.5. The topological polar surface area (TPSA) is 161 Å². The number of likely N-dealkylation sites (N-methyl/N-ethyl adjacent to an activating group) is 1. The predicted molar refractivity (Wildman–Crippen MR) is 141 cm³/mol. The van der Waals surface area contributed by atoms with E-state index in [1.165, 1.54) is 11.8 Å². The molecule has 0 aromatic heterocycles. The van der Waals surface area contributed by atoms with Gasteiger partial charge in [-0.1, -0.05) is 39.8 Å². The zero-order valence-electron chi connectivity index (χ0n) is 22.9. The predicted octanol–water partition coefficient (Wildman–Crippen LogP) is 2.72. The first-order valence-electron chi connectivity index (χ1n) is 13.0. The number of aliphatic hydroxyl groups is 3. The summed E-state index contributed by atoms with van der Waals surface area (Å²) in [4.78, 5) is 41.0. The van der Waals surface area contributed by atoms with Gasteiger partial charge in [-0.05, 0) is 68.7 Å². The molecule has 0 heterocycles. The van der Waals surface area contributed by atoms with Crippen LogP contribution in [0.1, 0.15) is 63.6 Å². The van der Waals surface area contributed by atoms with Gasteiger partial charge in [0.15, 0.2) is 11.4 Å². The van der Waals surface area contributed by atoms with Gasteiger partial charge in [0.1, 0.15) is 22.8 Å². The van der Waals surface area contributed by atoms with E-state index in [1.54, 1.807) is 14.1 Å². The molecule has 1 saturated carbocycles. The number of phenolic OH excluding ortho intramolecular Hbond substituents is 1. The average Bonchev–Trinajstić information content (AvgIpc) is 2.76. The number of amides is 1. The number of aryl methyl sites for hydroxylation is 1. The number of nitrogens with zero attached hydrogens (tertiary/aromatic N) is 1. The molecule has 6 N–H and O–H groups in total. The molecule has 0 radical (unpaired) electrons. The molecular formula is C29H38N2O7. The van der Waals surface area contributed by atoms with Crippen LogP contribution < -0.4 is 5.73 Å². The first kappa shape index (κ1) is 27.9. The average molecular weight is 527 g/mol. The molecule has 4 rings (SSSR count). The number of primary amides is 1. The Morgan fingerprint density at radius 2 is 1.79 bits per heavy atom. The number of carbonyl (C=O) groups excluding carboxylic acids is 3. The molecule has 1 fully saturated rings. The van der Waals surface area contributed by atoms with Crippen LogP contribution in [0.4, 0.5) is 0 Å². The normalized spacial score (nSPS) is 29.4. The summed E-state index contributed by atoms with van der Waals surface area (Å²) in [6, 6.07) is 2.52. The zero-order chi connectivity index (χ0) is 28.5. The van der Waals surface area contributed by atoms with Crippen molar-refractivity contribution in [1.82, 2.24) is 4.90 Å². The molecule has 4 atom stereocenters. The summed E-state index contributed by atoms with van der Waals surface area (Å²) in [5.74, 6) is -5.29. The minimum Gasteiger partial charge on any atom is -0.508 e. The van der Waals surface area contributed by atoms with Gasteiger partial charge in [0.25, 0.3) is 5.91 Å². The van der Waals surface area contributed by atoms with Crippen LogP contribution in [0, 0.1) is 16.7 Å². The van der Waals surface area contributed by atoms with Gasteiger partial charge >= 0.3 is 0 Å². The number of carbonyl (C=O) groups is 3. The van der Waals surface area contributed by atoms with Crippen molar-refractivity contribution in [3.63, 3.8) is 0 Å². The third kappa shape index (κ3) is 3.86. The SMILES string of the molecule is CN(C)[C@@H]1C(=O)C(C(N)=O)=C(O)[C@@]2(O)C(=O)C3=C(O)c4c(ccc(CCCC(C)(C)C)c4O)C[C@H]3C[C@@]12C. The van der Waals surface area contributed by atoms with Gasteiger partial charge in [-0.2, -0.15) is 0 Å². The number of fused-ring (bicyclic) bond motifs is 3. The van der Waals surface area contributed by atoms with Crippen LogP contribution in [-0.4, -0.2) is 68.5 Å². The Labute approximate surface area is 222 Å². The number of hydrogen-bond acceptors (Lipinski definition) is 8. The summed E-state index contributed by atoms with van der Waals surface area (Å²) < 4.78 is 0. The van der Waals surface area contributed by atoms with Crippen molar-refractivity contribution in [1.29, 1.82) is 0 Å². The third-order valence-electron chi connectivity index (χ3n) is 8.60. The molecule has 9 heteroatoms. The second kappa shape index (κ2) is 8.95. The van der Waals surface area contributed by atoms with E-state index in [-0.39, 0.29) is 35.1 Å². The van der Waals surface area contributed by atoms with Crippen molar-refractivity contribution in [2.45, 2.75) is 71.4 Å². The number of aliphatic hydroxyl groups excluding tert-OH is 2. The number of ketones is 2. The van der Waals surface area contributed by atoms with Crippen LogP contribution in [0.25, 0.3) is 5.76 Å². The highest BCUT2D eigenvalue weighted by atomic mass is 16.3. The van der Waals surface area contributed by atoms with Crippen molar-refractivity contribution in [3.8, 4) is 5.75 Å². The summed E-state index contributed by atoms with van der Waals surface area (Å²) in [6.45, 7) is 7.93. The molecule has 0 aliphatic heterocycles. The van der Waals surface area contributed by atoms with E-state index in [9.17, 15) is 34.8 Å². The smallest absolute Gasteiger partial charge is 0.255 e. The molecule has 206 valence electrons. The fourth-order valence-corrected chi connectivity index (χ4v) is 6.85. The fraction of sp³-hybridized carbons (Fsp3) is 0.552. The fourth-order valence-electron chi connectivity index (χ4n) is 6.85. The minimum absolute atomic E-state index is 0.0485. The van der Waals surface area contributed by atoms with Crippen LogP contribution in [0.15, 0.2) is 29.0 Å². The maximum Gasteiger partial charge on any atom is 0.255 e. The highest BCUT2D eigenvalue weighted by molar-refractivity contribution is 6.25. The Hall–Kier alpha value is -3.17. The first-order chi connectivity index (χ1) is 17.5. The Morgan fingerprint density at radius 1 is 1.16 bits per heavy atom. The van der Waals surface area contributed by atoms with E-state index < -0.39 is 57.5 Å². The van der Waals surface area contributed by atoms with E-state index in [2.05, 4.69) is 20.8 Å². The number of Topliss-reactive ketones (excluding diaryl/α,β-unsaturated/α-hetero) is 2. The quantitative estimate of drug-likeness (QED) is 0.366. The van der Waals surface area contributed by atoms with Gasteiger partial charge in [0.2, 0.25) is 5.78 Å². The standard InChI is InChI=1S/C29H38N2O7/c1-27(2,3)11-7-8-14-9-10-15-12-16-13-28(4)23(31(5)6)22(34)19(26(30)37)25(36)29(28,38)24(35)18(16)21(33)17(15)20(14)32/h9-10,16,23,32-33,36,38H,7-8,11-13H2,1-6H3,(H2,30,37)/t16-,23+,28-,29-/m0/s1. The van der Waals surface area contributed by atoms with Crippen LogP contribution in [0.3, 0.4) is 0 Å². The number of phenols is 1. The molecule has 3 aliphatic rings. The van der Waals surface area contributed by atoms with Crippen molar-refractivity contribution in [3.05, 3.63) is 45.7 Å². The summed E-state index contributed by atoms with van der Waals surface area (Å²) in [5.41, 5.74) is 1.77. The van der Waals surface area contributed by atoms with E-state index in [0.717, 1.165) is 12.8 Å². The summed E-state index contributed by atoms with van der Waals surface area (Å²) in [6.07, 6.45) is 2.66. The lowest BCUT2D eigenvalue weighted by Crippen LogP contribution is -2.71. The van der Waals surface area contributed by atoms with Gasteiger partial charge in [0, 0.05) is 11.0 Å². The van der Waals surface area contributed by atoms with Crippen LogP contribution in [0.2, 0.25) is 0 Å². The zero-order valence-corrected chi connectivity index (χ0v) is 22.9. The monoisotopic (exact) mass is 526 g/mol. The Kier molecular flexibility index (Phi) is 6.56. The number of nitrogens with two attached hydrogens (primary N) is 1. The van der Waals surface area contributed by atoms with Crippen molar-refractivity contribution < 1.29 is 34.8 Å². The minimum atomic E-state index is -2.68. The number of rotatable bonds is 5. The molecule has 0 bridgehead atoms. The van der Waals surface area contributed by atoms with Gasteiger partial charge in [-0.25, -0.2) is 0 Å². The molecule has 9 nitrogen and oxygen atoms in total. The Morgan fingerprint density at radius 3 is 2.34 bits per heavy atom.